The van der Waals surface area contributed by atoms with Crippen LogP contribution in [0.25, 0.3) is 11.5 Å². The van der Waals surface area contributed by atoms with Crippen molar-refractivity contribution in [2.75, 3.05) is 13.2 Å². The van der Waals surface area contributed by atoms with Gasteiger partial charge in [-0.05, 0) is 32.0 Å². The molecule has 130 valence electrons. The number of halogens is 3. The van der Waals surface area contributed by atoms with Crippen molar-refractivity contribution in [3.05, 3.63) is 35.5 Å². The fourth-order valence-corrected chi connectivity index (χ4v) is 1.99. The summed E-state index contributed by atoms with van der Waals surface area (Å²) < 4.78 is 53.9. The first-order chi connectivity index (χ1) is 11.3. The molecule has 8 heteroatoms. The molecule has 0 N–H and O–H groups in total. The lowest BCUT2D eigenvalue weighted by atomic mass is 10.1. The number of rotatable bonds is 6. The van der Waals surface area contributed by atoms with Gasteiger partial charge in [0.05, 0.1) is 25.2 Å². The van der Waals surface area contributed by atoms with Crippen molar-refractivity contribution in [2.45, 2.75) is 26.4 Å². The van der Waals surface area contributed by atoms with E-state index in [1.54, 1.807) is 13.8 Å². The quantitative estimate of drug-likeness (QED) is 0.745. The van der Waals surface area contributed by atoms with Gasteiger partial charge in [-0.1, -0.05) is 6.07 Å². The van der Waals surface area contributed by atoms with Crippen molar-refractivity contribution in [2.24, 2.45) is 0 Å². The van der Waals surface area contributed by atoms with Gasteiger partial charge in [0, 0.05) is 5.56 Å². The highest BCUT2D eigenvalue weighted by Gasteiger charge is 2.31. The molecule has 1 aromatic heterocycles. The number of aromatic nitrogens is 1. The molecular weight excluding hydrogens is 327 g/mol. The minimum atomic E-state index is -4.47. The van der Waals surface area contributed by atoms with Crippen LogP contribution in [0.15, 0.2) is 28.7 Å². The molecule has 24 heavy (non-hydrogen) atoms. The van der Waals surface area contributed by atoms with Crippen molar-refractivity contribution in [3.8, 4) is 17.4 Å². The molecule has 1 heterocycles. The van der Waals surface area contributed by atoms with Crippen LogP contribution in [-0.2, 0) is 22.1 Å². The van der Waals surface area contributed by atoms with Gasteiger partial charge < -0.3 is 13.9 Å². The summed E-state index contributed by atoms with van der Waals surface area (Å²) >= 11 is 0. The lowest BCUT2D eigenvalue weighted by Crippen LogP contribution is -2.09. The molecule has 0 aliphatic rings. The van der Waals surface area contributed by atoms with Crippen LogP contribution in [0.2, 0.25) is 0 Å². The molecule has 0 unspecified atom stereocenters. The second-order valence-corrected chi connectivity index (χ2v) is 4.75. The zero-order valence-electron chi connectivity index (χ0n) is 13.1. The molecule has 0 saturated carbocycles. The third-order valence-corrected chi connectivity index (χ3v) is 2.99. The zero-order chi connectivity index (χ0) is 17.7. The lowest BCUT2D eigenvalue weighted by molar-refractivity contribution is -0.142. The Morgan fingerprint density at radius 1 is 1.25 bits per heavy atom. The monoisotopic (exact) mass is 343 g/mol. The summed E-state index contributed by atoms with van der Waals surface area (Å²) in [5.74, 6) is -0.579. The van der Waals surface area contributed by atoms with E-state index in [4.69, 9.17) is 13.9 Å². The SMILES string of the molecule is CCOC(=O)Cc1nc(-c2cccc(C(F)(F)F)c2)oc1OCC. The molecule has 0 amide bonds. The van der Waals surface area contributed by atoms with Gasteiger partial charge >= 0.3 is 18.1 Å². The number of alkyl halides is 3. The van der Waals surface area contributed by atoms with Crippen LogP contribution >= 0.6 is 0 Å². The molecule has 0 saturated heterocycles. The molecule has 0 atom stereocenters. The first kappa shape index (κ1) is 17.8. The van der Waals surface area contributed by atoms with Gasteiger partial charge in [-0.2, -0.15) is 13.2 Å². The number of hydrogen-bond acceptors (Lipinski definition) is 5. The smallest absolute Gasteiger partial charge is 0.416 e. The Bertz CT molecular complexity index is 710. The maximum Gasteiger partial charge on any atom is 0.416 e. The molecule has 0 radical (unpaired) electrons. The maximum absolute atomic E-state index is 12.8. The summed E-state index contributed by atoms with van der Waals surface area (Å²) in [6, 6.07) is 4.57. The highest BCUT2D eigenvalue weighted by molar-refractivity contribution is 5.73. The summed E-state index contributed by atoms with van der Waals surface area (Å²) in [5.41, 5.74) is -0.494. The summed E-state index contributed by atoms with van der Waals surface area (Å²) in [7, 11) is 0. The molecule has 0 aliphatic heterocycles. The van der Waals surface area contributed by atoms with E-state index in [0.717, 1.165) is 12.1 Å². The molecule has 0 bridgehead atoms. The number of esters is 1. The summed E-state index contributed by atoms with van der Waals surface area (Å²) in [6.07, 6.45) is -4.66. The fraction of sp³-hybridized carbons (Fsp3) is 0.375. The molecule has 0 spiro atoms. The minimum absolute atomic E-state index is 0.00188. The third-order valence-electron chi connectivity index (χ3n) is 2.99. The average Bonchev–Trinajstić information content (AvgIpc) is 2.90. The van der Waals surface area contributed by atoms with Crippen LogP contribution in [0.5, 0.6) is 5.95 Å². The Balaban J connectivity index is 2.35. The summed E-state index contributed by atoms with van der Waals surface area (Å²) in [6.45, 7) is 3.84. The molecule has 2 aromatic rings. The molecule has 1 aromatic carbocycles. The number of ether oxygens (including phenoxy) is 2. The van der Waals surface area contributed by atoms with Gasteiger partial charge in [0.1, 0.15) is 5.69 Å². The Morgan fingerprint density at radius 2 is 2.00 bits per heavy atom. The fourth-order valence-electron chi connectivity index (χ4n) is 1.99. The van der Waals surface area contributed by atoms with Gasteiger partial charge in [-0.3, -0.25) is 4.79 Å². The highest BCUT2D eigenvalue weighted by atomic mass is 19.4. The van der Waals surface area contributed by atoms with Gasteiger partial charge in [0.15, 0.2) is 0 Å². The van der Waals surface area contributed by atoms with Crippen molar-refractivity contribution in [1.29, 1.82) is 0 Å². The van der Waals surface area contributed by atoms with E-state index in [2.05, 4.69) is 4.98 Å². The molecular formula is C16H16F3NO4. The Morgan fingerprint density at radius 3 is 2.62 bits per heavy atom. The van der Waals surface area contributed by atoms with Crippen LogP contribution < -0.4 is 4.74 Å². The van der Waals surface area contributed by atoms with Gasteiger partial charge in [0.25, 0.3) is 0 Å². The largest absolute Gasteiger partial charge is 0.466 e. The number of oxazole rings is 1. The van der Waals surface area contributed by atoms with E-state index in [1.165, 1.54) is 12.1 Å². The average molecular weight is 343 g/mol. The molecule has 0 aliphatic carbocycles. The number of carbonyl (C=O) groups is 1. The number of carbonyl (C=O) groups excluding carboxylic acids is 1. The van der Waals surface area contributed by atoms with E-state index < -0.39 is 17.7 Å². The van der Waals surface area contributed by atoms with Gasteiger partial charge in [-0.15, -0.1) is 0 Å². The zero-order valence-corrected chi connectivity index (χ0v) is 13.1. The van der Waals surface area contributed by atoms with Gasteiger partial charge in [-0.25, -0.2) is 4.98 Å². The number of nitrogens with zero attached hydrogens (tertiary/aromatic N) is 1. The van der Waals surface area contributed by atoms with Crippen LogP contribution in [0.3, 0.4) is 0 Å². The summed E-state index contributed by atoms with van der Waals surface area (Å²) in [4.78, 5) is 15.7. The second-order valence-electron chi connectivity index (χ2n) is 4.75. The normalized spacial score (nSPS) is 11.4. The van der Waals surface area contributed by atoms with Crippen molar-refractivity contribution < 1.29 is 31.9 Å². The van der Waals surface area contributed by atoms with Gasteiger partial charge in [0.2, 0.25) is 5.89 Å². The van der Waals surface area contributed by atoms with Crippen molar-refractivity contribution in [1.82, 2.24) is 4.98 Å². The van der Waals surface area contributed by atoms with E-state index in [-0.39, 0.29) is 42.7 Å². The predicted octanol–water partition coefficient (Wildman–Crippen LogP) is 3.86. The minimum Gasteiger partial charge on any atom is -0.466 e. The van der Waals surface area contributed by atoms with Crippen molar-refractivity contribution >= 4 is 5.97 Å². The maximum atomic E-state index is 12.8. The molecule has 5 nitrogen and oxygen atoms in total. The highest BCUT2D eigenvalue weighted by Crippen LogP contribution is 2.33. The van der Waals surface area contributed by atoms with E-state index in [9.17, 15) is 18.0 Å². The van der Waals surface area contributed by atoms with Crippen LogP contribution in [0.1, 0.15) is 25.1 Å². The second kappa shape index (κ2) is 7.37. The third kappa shape index (κ3) is 4.27. The lowest BCUT2D eigenvalue weighted by Gasteiger charge is -2.06. The van der Waals surface area contributed by atoms with E-state index >= 15 is 0 Å². The first-order valence-electron chi connectivity index (χ1n) is 7.30. The Kier molecular flexibility index (Phi) is 5.48. The van der Waals surface area contributed by atoms with E-state index in [1.807, 2.05) is 0 Å². The standard InChI is InChI=1S/C16H16F3NO4/c1-3-22-13(21)9-12-15(23-4-2)24-14(20-12)10-6-5-7-11(8-10)16(17,18)19/h5-8H,3-4,9H2,1-2H3. The number of hydrogen-bond donors (Lipinski definition) is 0. The topological polar surface area (TPSA) is 61.6 Å². The van der Waals surface area contributed by atoms with Crippen LogP contribution in [-0.4, -0.2) is 24.2 Å². The van der Waals surface area contributed by atoms with Crippen molar-refractivity contribution in [3.63, 3.8) is 0 Å². The number of benzene rings is 1. The molecule has 0 fully saturated rings. The Labute approximate surface area is 136 Å². The van der Waals surface area contributed by atoms with Crippen LogP contribution in [0, 0.1) is 0 Å². The van der Waals surface area contributed by atoms with E-state index in [0.29, 0.717) is 0 Å². The Hall–Kier alpha value is -2.51. The predicted molar refractivity (Wildman–Crippen MR) is 78.4 cm³/mol. The molecule has 2 rings (SSSR count). The summed E-state index contributed by atoms with van der Waals surface area (Å²) in [5, 5.41) is 0. The first-order valence-corrected chi connectivity index (χ1v) is 7.30. The van der Waals surface area contributed by atoms with Crippen LogP contribution in [0.4, 0.5) is 13.2 Å².